The van der Waals surface area contributed by atoms with Gasteiger partial charge in [0.05, 0.1) is 6.54 Å². The molecule has 0 unspecified atom stereocenters. The smallest absolute Gasteiger partial charge is 0.408 e. The summed E-state index contributed by atoms with van der Waals surface area (Å²) in [5.41, 5.74) is -0.578. The van der Waals surface area contributed by atoms with Crippen LogP contribution in [0.1, 0.15) is 36.4 Å². The van der Waals surface area contributed by atoms with Crippen molar-refractivity contribution in [2.45, 2.75) is 32.9 Å². The van der Waals surface area contributed by atoms with Crippen molar-refractivity contribution < 1.29 is 19.4 Å². The third kappa shape index (κ3) is 4.77. The van der Waals surface area contributed by atoms with Crippen LogP contribution in [0.25, 0.3) is 0 Å². The third-order valence-electron chi connectivity index (χ3n) is 1.44. The average molecular weight is 259 g/mol. The Morgan fingerprint density at radius 1 is 1.47 bits per heavy atom. The molecule has 1 aromatic heterocycles. The Bertz CT molecular complexity index is 424. The fraction of sp³-hybridized carbons (Fsp3) is 0.556. The van der Waals surface area contributed by atoms with Crippen LogP contribution in [0, 0.1) is 0 Å². The zero-order valence-corrected chi connectivity index (χ0v) is 10.5. The van der Waals surface area contributed by atoms with Gasteiger partial charge in [-0.2, -0.15) is 4.37 Å². The molecule has 7 nitrogen and oxygen atoms in total. The van der Waals surface area contributed by atoms with Crippen molar-refractivity contribution in [3.05, 3.63) is 10.8 Å². The minimum atomic E-state index is -1.13. The van der Waals surface area contributed by atoms with Gasteiger partial charge in [-0.05, 0) is 32.3 Å². The van der Waals surface area contributed by atoms with E-state index in [-0.39, 0.29) is 17.4 Å². The van der Waals surface area contributed by atoms with Crippen molar-refractivity contribution in [1.82, 2.24) is 14.7 Å². The van der Waals surface area contributed by atoms with E-state index >= 15 is 0 Å². The van der Waals surface area contributed by atoms with E-state index < -0.39 is 17.7 Å². The highest BCUT2D eigenvalue weighted by Crippen LogP contribution is 2.07. The molecule has 0 atom stereocenters. The van der Waals surface area contributed by atoms with E-state index in [1.54, 1.807) is 20.8 Å². The molecule has 0 aliphatic carbocycles. The first-order valence-electron chi connectivity index (χ1n) is 4.80. The van der Waals surface area contributed by atoms with Crippen LogP contribution in [0.4, 0.5) is 4.79 Å². The Labute approximate surface area is 102 Å². The van der Waals surface area contributed by atoms with Gasteiger partial charge in [0.15, 0.2) is 5.82 Å². The van der Waals surface area contributed by atoms with Gasteiger partial charge in [-0.25, -0.2) is 14.6 Å². The van der Waals surface area contributed by atoms with Gasteiger partial charge in [-0.1, -0.05) is 0 Å². The molecule has 0 bridgehead atoms. The normalized spacial score (nSPS) is 11.0. The van der Waals surface area contributed by atoms with Crippen molar-refractivity contribution in [3.8, 4) is 0 Å². The summed E-state index contributed by atoms with van der Waals surface area (Å²) in [6.07, 6.45) is -0.593. The van der Waals surface area contributed by atoms with E-state index in [1.807, 2.05) is 0 Å². The van der Waals surface area contributed by atoms with Crippen LogP contribution in [0.3, 0.4) is 0 Å². The number of alkyl carbamates (subject to hydrolysis) is 1. The van der Waals surface area contributed by atoms with Gasteiger partial charge in [0.1, 0.15) is 5.60 Å². The fourth-order valence-electron chi connectivity index (χ4n) is 0.878. The Morgan fingerprint density at radius 2 is 2.12 bits per heavy atom. The molecule has 0 saturated heterocycles. The van der Waals surface area contributed by atoms with E-state index in [9.17, 15) is 9.59 Å². The lowest BCUT2D eigenvalue weighted by Gasteiger charge is -2.19. The van der Waals surface area contributed by atoms with Crippen LogP contribution in [-0.4, -0.2) is 32.1 Å². The van der Waals surface area contributed by atoms with E-state index in [0.717, 1.165) is 11.5 Å². The molecular formula is C9H13N3O4S. The summed E-state index contributed by atoms with van der Waals surface area (Å²) < 4.78 is 8.78. The Balaban J connectivity index is 2.45. The summed E-state index contributed by atoms with van der Waals surface area (Å²) in [4.78, 5) is 25.5. The maximum absolute atomic E-state index is 11.3. The predicted molar refractivity (Wildman–Crippen MR) is 59.9 cm³/mol. The highest BCUT2D eigenvalue weighted by molar-refractivity contribution is 7.07. The van der Waals surface area contributed by atoms with E-state index in [2.05, 4.69) is 14.7 Å². The van der Waals surface area contributed by atoms with E-state index in [0.29, 0.717) is 0 Å². The number of rotatable bonds is 3. The van der Waals surface area contributed by atoms with Crippen molar-refractivity contribution >= 4 is 23.6 Å². The molecule has 17 heavy (non-hydrogen) atoms. The number of nitrogens with zero attached hydrogens (tertiary/aromatic N) is 2. The summed E-state index contributed by atoms with van der Waals surface area (Å²) in [5.74, 6) is -0.885. The number of carboxylic acid groups (broad SMARTS) is 1. The third-order valence-corrected chi connectivity index (χ3v) is 2.18. The SMILES string of the molecule is CC(C)(C)OC(=O)NCc1nsc(C(=O)O)n1. The molecule has 0 aliphatic heterocycles. The minimum absolute atomic E-state index is 0.0404. The lowest BCUT2D eigenvalue weighted by Crippen LogP contribution is -2.32. The molecule has 0 saturated carbocycles. The molecule has 0 aromatic carbocycles. The first kappa shape index (κ1) is 13.4. The van der Waals surface area contributed by atoms with Gasteiger partial charge >= 0.3 is 12.1 Å². The standard InChI is InChI=1S/C9H13N3O4S/c1-9(2,3)16-8(15)10-4-5-11-6(7(13)14)17-12-5/h4H2,1-3H3,(H,10,15)(H,13,14). The number of ether oxygens (including phenoxy) is 1. The molecule has 1 amide bonds. The lowest BCUT2D eigenvalue weighted by molar-refractivity contribution is 0.0522. The molecule has 8 heteroatoms. The Morgan fingerprint density at radius 3 is 2.59 bits per heavy atom. The summed E-state index contributed by atoms with van der Waals surface area (Å²) in [5, 5.41) is 11.0. The Hall–Kier alpha value is -1.70. The van der Waals surface area contributed by atoms with Crippen molar-refractivity contribution in [1.29, 1.82) is 0 Å². The van der Waals surface area contributed by atoms with Crippen LogP contribution in [0.2, 0.25) is 0 Å². The van der Waals surface area contributed by atoms with Crippen molar-refractivity contribution in [3.63, 3.8) is 0 Å². The maximum atomic E-state index is 11.3. The number of hydrogen-bond donors (Lipinski definition) is 2. The number of hydrogen-bond acceptors (Lipinski definition) is 6. The number of carbonyl (C=O) groups is 2. The first-order valence-corrected chi connectivity index (χ1v) is 5.58. The largest absolute Gasteiger partial charge is 0.476 e. The molecule has 0 radical (unpaired) electrons. The van der Waals surface area contributed by atoms with Crippen LogP contribution < -0.4 is 5.32 Å². The zero-order valence-electron chi connectivity index (χ0n) is 9.68. The van der Waals surface area contributed by atoms with Crippen LogP contribution >= 0.6 is 11.5 Å². The Kier molecular flexibility index (Phi) is 4.00. The highest BCUT2D eigenvalue weighted by atomic mass is 32.1. The fourth-order valence-corrected chi connectivity index (χ4v) is 1.40. The number of carbonyl (C=O) groups excluding carboxylic acids is 1. The maximum Gasteiger partial charge on any atom is 0.408 e. The average Bonchev–Trinajstić information content (AvgIpc) is 2.60. The minimum Gasteiger partial charge on any atom is -0.476 e. The zero-order chi connectivity index (χ0) is 13.1. The van der Waals surface area contributed by atoms with Crippen LogP contribution in [0.15, 0.2) is 0 Å². The van der Waals surface area contributed by atoms with Gasteiger partial charge in [0.25, 0.3) is 0 Å². The molecule has 1 aromatic rings. The number of aromatic carboxylic acids is 1. The molecule has 1 rings (SSSR count). The molecule has 0 spiro atoms. The van der Waals surface area contributed by atoms with Gasteiger partial charge in [-0.3, -0.25) is 0 Å². The molecule has 0 aliphatic rings. The monoisotopic (exact) mass is 259 g/mol. The van der Waals surface area contributed by atoms with Gasteiger partial charge in [-0.15, -0.1) is 0 Å². The highest BCUT2D eigenvalue weighted by Gasteiger charge is 2.17. The molecule has 94 valence electrons. The number of amides is 1. The topological polar surface area (TPSA) is 101 Å². The number of aromatic nitrogens is 2. The lowest BCUT2D eigenvalue weighted by atomic mass is 10.2. The summed E-state index contributed by atoms with van der Waals surface area (Å²) in [6, 6.07) is 0. The van der Waals surface area contributed by atoms with Gasteiger partial charge in [0.2, 0.25) is 5.01 Å². The van der Waals surface area contributed by atoms with E-state index in [1.165, 1.54) is 0 Å². The van der Waals surface area contributed by atoms with Gasteiger partial charge in [0, 0.05) is 0 Å². The molecule has 1 heterocycles. The second kappa shape index (κ2) is 5.09. The molecular weight excluding hydrogens is 246 g/mol. The number of carboxylic acids is 1. The quantitative estimate of drug-likeness (QED) is 0.847. The van der Waals surface area contributed by atoms with Crippen molar-refractivity contribution in [2.24, 2.45) is 0 Å². The van der Waals surface area contributed by atoms with Crippen molar-refractivity contribution in [2.75, 3.05) is 0 Å². The second-order valence-electron chi connectivity index (χ2n) is 4.18. The van der Waals surface area contributed by atoms with E-state index in [4.69, 9.17) is 9.84 Å². The van der Waals surface area contributed by atoms with Crippen LogP contribution in [0.5, 0.6) is 0 Å². The molecule has 2 N–H and O–H groups in total. The predicted octanol–water partition coefficient (Wildman–Crippen LogP) is 1.26. The summed E-state index contributed by atoms with van der Waals surface area (Å²) >= 11 is 0.770. The van der Waals surface area contributed by atoms with Gasteiger partial charge < -0.3 is 15.2 Å². The summed E-state index contributed by atoms with van der Waals surface area (Å²) in [6.45, 7) is 5.28. The second-order valence-corrected chi connectivity index (χ2v) is 4.93. The number of nitrogens with one attached hydrogen (secondary N) is 1. The van der Waals surface area contributed by atoms with Crippen LogP contribution in [-0.2, 0) is 11.3 Å². The first-order chi connectivity index (χ1) is 7.78. The summed E-state index contributed by atoms with van der Waals surface area (Å²) in [7, 11) is 0. The molecule has 0 fully saturated rings.